The number of nitrogens with zero attached hydrogens (tertiary/aromatic N) is 1. The Bertz CT molecular complexity index is 1110. The van der Waals surface area contributed by atoms with E-state index < -0.39 is 11.7 Å². The maximum absolute atomic E-state index is 13.1. The second kappa shape index (κ2) is 8.68. The van der Waals surface area contributed by atoms with Gasteiger partial charge < -0.3 is 9.88 Å². The van der Waals surface area contributed by atoms with E-state index in [2.05, 4.69) is 4.98 Å². The van der Waals surface area contributed by atoms with Gasteiger partial charge in [0.2, 0.25) is 0 Å². The average molecular weight is 418 g/mol. The fraction of sp³-hybridized carbons (Fsp3) is 0.240. The van der Waals surface area contributed by atoms with Gasteiger partial charge in [-0.15, -0.1) is 0 Å². The predicted octanol–water partition coefficient (Wildman–Crippen LogP) is 4.43. The number of hydrogen-bond donors (Lipinski definition) is 1. The van der Waals surface area contributed by atoms with Crippen LogP contribution in [0.2, 0.25) is 0 Å². The Morgan fingerprint density at radius 1 is 0.968 bits per heavy atom. The van der Waals surface area contributed by atoms with Crippen molar-refractivity contribution in [2.75, 3.05) is 13.1 Å². The molecule has 0 aliphatic carbocycles. The molecule has 158 valence electrons. The van der Waals surface area contributed by atoms with E-state index >= 15 is 0 Å². The van der Waals surface area contributed by atoms with E-state index in [0.717, 1.165) is 11.3 Å². The zero-order chi connectivity index (χ0) is 22.0. The van der Waals surface area contributed by atoms with Crippen molar-refractivity contribution in [3.63, 3.8) is 0 Å². The van der Waals surface area contributed by atoms with Gasteiger partial charge >= 0.3 is 0 Å². The number of aryl methyl sites for hydroxylation is 1. The van der Waals surface area contributed by atoms with Crippen molar-refractivity contribution in [3.8, 4) is 11.3 Å². The number of rotatable bonds is 5. The molecule has 0 saturated carbocycles. The number of aromatic amines is 1. The van der Waals surface area contributed by atoms with Gasteiger partial charge in [0, 0.05) is 41.5 Å². The molecule has 2 aromatic carbocycles. The highest BCUT2D eigenvalue weighted by molar-refractivity contribution is 6.43. The number of benzene rings is 2. The van der Waals surface area contributed by atoms with Crippen LogP contribution in [0.1, 0.15) is 39.3 Å². The SMILES string of the molecule is Cc1[nH]c(-c2ccccc2)cc1C(=O)C(=O)N1CCC(C(=O)c2ccc(F)cc2)CC1. The summed E-state index contributed by atoms with van der Waals surface area (Å²) < 4.78 is 13.1. The van der Waals surface area contributed by atoms with E-state index in [-0.39, 0.29) is 17.5 Å². The van der Waals surface area contributed by atoms with Crippen molar-refractivity contribution in [2.24, 2.45) is 5.92 Å². The smallest absolute Gasteiger partial charge is 0.295 e. The van der Waals surface area contributed by atoms with E-state index in [1.54, 1.807) is 13.0 Å². The third-order valence-corrected chi connectivity index (χ3v) is 5.82. The van der Waals surface area contributed by atoms with Crippen LogP contribution >= 0.6 is 0 Å². The van der Waals surface area contributed by atoms with Crippen molar-refractivity contribution in [1.29, 1.82) is 0 Å². The minimum absolute atomic E-state index is 0.0487. The van der Waals surface area contributed by atoms with Crippen molar-refractivity contribution >= 4 is 17.5 Å². The summed E-state index contributed by atoms with van der Waals surface area (Å²) in [5, 5.41) is 0. The number of ketones is 2. The van der Waals surface area contributed by atoms with E-state index in [4.69, 9.17) is 0 Å². The fourth-order valence-electron chi connectivity index (χ4n) is 4.02. The minimum atomic E-state index is -0.547. The van der Waals surface area contributed by atoms with Gasteiger partial charge in [-0.3, -0.25) is 14.4 Å². The summed E-state index contributed by atoms with van der Waals surface area (Å²) >= 11 is 0. The molecule has 6 heteroatoms. The Balaban J connectivity index is 1.41. The summed E-state index contributed by atoms with van der Waals surface area (Å²) in [7, 11) is 0. The second-order valence-electron chi connectivity index (χ2n) is 7.85. The standard InChI is InChI=1S/C25H23FN2O3/c1-16-21(15-22(27-16)17-5-3-2-4-6-17)24(30)25(31)28-13-11-19(12-14-28)23(29)18-7-9-20(26)10-8-18/h2-10,15,19,27H,11-14H2,1H3. The van der Waals surface area contributed by atoms with Crippen LogP contribution < -0.4 is 0 Å². The first-order valence-corrected chi connectivity index (χ1v) is 10.3. The highest BCUT2D eigenvalue weighted by Gasteiger charge is 2.32. The van der Waals surface area contributed by atoms with Gasteiger partial charge in [-0.2, -0.15) is 0 Å². The Hall–Kier alpha value is -3.54. The Morgan fingerprint density at radius 2 is 1.61 bits per heavy atom. The molecule has 1 amide bonds. The summed E-state index contributed by atoms with van der Waals surface area (Å²) in [6.45, 7) is 2.47. The molecule has 0 radical (unpaired) electrons. The van der Waals surface area contributed by atoms with Crippen molar-refractivity contribution in [2.45, 2.75) is 19.8 Å². The number of aromatic nitrogens is 1. The number of likely N-dealkylation sites (tertiary alicyclic amines) is 1. The molecule has 0 bridgehead atoms. The number of amides is 1. The molecule has 2 heterocycles. The number of hydrogen-bond acceptors (Lipinski definition) is 3. The van der Waals surface area contributed by atoms with Crippen molar-refractivity contribution < 1.29 is 18.8 Å². The van der Waals surface area contributed by atoms with Crippen LogP contribution in [0.25, 0.3) is 11.3 Å². The number of Topliss-reactive ketones (excluding diaryl/α,β-unsaturated/α-hetero) is 2. The van der Waals surface area contributed by atoms with E-state index in [1.165, 1.54) is 29.2 Å². The highest BCUT2D eigenvalue weighted by Crippen LogP contribution is 2.25. The molecule has 5 nitrogen and oxygen atoms in total. The quantitative estimate of drug-likeness (QED) is 0.492. The van der Waals surface area contributed by atoms with E-state index in [1.807, 2.05) is 30.3 Å². The van der Waals surface area contributed by atoms with Gasteiger partial charge in [-0.05, 0) is 55.7 Å². The summed E-state index contributed by atoms with van der Waals surface area (Å²) in [5.74, 6) is -1.75. The summed E-state index contributed by atoms with van der Waals surface area (Å²) in [5.41, 5.74) is 3.22. The van der Waals surface area contributed by atoms with Gasteiger partial charge in [0.15, 0.2) is 5.78 Å². The normalized spacial score (nSPS) is 14.5. The first-order valence-electron chi connectivity index (χ1n) is 10.3. The van der Waals surface area contributed by atoms with Crippen LogP contribution in [0.15, 0.2) is 60.7 Å². The third-order valence-electron chi connectivity index (χ3n) is 5.82. The van der Waals surface area contributed by atoms with Crippen LogP contribution in [0.3, 0.4) is 0 Å². The monoisotopic (exact) mass is 418 g/mol. The van der Waals surface area contributed by atoms with Crippen LogP contribution in [0.5, 0.6) is 0 Å². The lowest BCUT2D eigenvalue weighted by Gasteiger charge is -2.30. The Morgan fingerprint density at radius 3 is 2.26 bits per heavy atom. The average Bonchev–Trinajstić information content (AvgIpc) is 3.20. The number of H-pyrrole nitrogens is 1. The molecule has 4 rings (SSSR count). The number of carbonyl (C=O) groups is 3. The number of piperidine rings is 1. The first-order chi connectivity index (χ1) is 14.9. The molecule has 1 N–H and O–H groups in total. The lowest BCUT2D eigenvalue weighted by molar-refractivity contribution is -0.127. The van der Waals surface area contributed by atoms with Gasteiger partial charge in [-0.25, -0.2) is 4.39 Å². The van der Waals surface area contributed by atoms with Gasteiger partial charge in [-0.1, -0.05) is 30.3 Å². The molecular formula is C25H23FN2O3. The second-order valence-corrected chi connectivity index (χ2v) is 7.85. The Kier molecular flexibility index (Phi) is 5.80. The molecular weight excluding hydrogens is 395 g/mol. The van der Waals surface area contributed by atoms with Crippen molar-refractivity contribution in [1.82, 2.24) is 9.88 Å². The van der Waals surface area contributed by atoms with Crippen LogP contribution in [0.4, 0.5) is 4.39 Å². The summed E-state index contributed by atoms with van der Waals surface area (Å²) in [4.78, 5) is 43.0. The molecule has 1 fully saturated rings. The topological polar surface area (TPSA) is 70.2 Å². The molecule has 1 aliphatic rings. The Labute approximate surface area is 179 Å². The fourth-order valence-corrected chi connectivity index (χ4v) is 4.02. The molecule has 0 spiro atoms. The van der Waals surface area contributed by atoms with Crippen LogP contribution in [0, 0.1) is 18.7 Å². The zero-order valence-electron chi connectivity index (χ0n) is 17.2. The molecule has 3 aromatic rings. The first kappa shape index (κ1) is 20.7. The van der Waals surface area contributed by atoms with Gasteiger partial charge in [0.25, 0.3) is 11.7 Å². The summed E-state index contributed by atoms with van der Waals surface area (Å²) in [6.07, 6.45) is 0.966. The number of nitrogens with one attached hydrogen (secondary N) is 1. The molecule has 1 aromatic heterocycles. The predicted molar refractivity (Wildman–Crippen MR) is 115 cm³/mol. The summed E-state index contributed by atoms with van der Waals surface area (Å²) in [6, 6.07) is 16.8. The zero-order valence-corrected chi connectivity index (χ0v) is 17.2. The van der Waals surface area contributed by atoms with E-state index in [9.17, 15) is 18.8 Å². The maximum Gasteiger partial charge on any atom is 0.295 e. The van der Waals surface area contributed by atoms with Gasteiger partial charge in [0.1, 0.15) is 5.82 Å². The molecule has 1 aliphatic heterocycles. The van der Waals surface area contributed by atoms with Crippen LogP contribution in [-0.2, 0) is 4.79 Å². The molecule has 31 heavy (non-hydrogen) atoms. The maximum atomic E-state index is 13.1. The van der Waals surface area contributed by atoms with E-state index in [0.29, 0.717) is 42.8 Å². The number of halogens is 1. The molecule has 0 unspecified atom stereocenters. The van der Waals surface area contributed by atoms with Crippen molar-refractivity contribution in [3.05, 3.63) is 83.3 Å². The lowest BCUT2D eigenvalue weighted by Crippen LogP contribution is -2.43. The van der Waals surface area contributed by atoms with Crippen LogP contribution in [-0.4, -0.2) is 40.4 Å². The lowest BCUT2D eigenvalue weighted by atomic mass is 9.88. The highest BCUT2D eigenvalue weighted by atomic mass is 19.1. The minimum Gasteiger partial charge on any atom is -0.358 e. The molecule has 0 atom stereocenters. The number of carbonyl (C=O) groups excluding carboxylic acids is 3. The molecule has 1 saturated heterocycles. The van der Waals surface area contributed by atoms with Gasteiger partial charge in [0.05, 0.1) is 0 Å². The third kappa shape index (κ3) is 4.33. The largest absolute Gasteiger partial charge is 0.358 e.